The fourth-order valence-corrected chi connectivity index (χ4v) is 5.03. The molecule has 1 saturated heterocycles. The molecule has 1 amide bonds. The molecule has 2 saturated carbocycles. The average Bonchev–Trinajstić information content (AvgIpc) is 3.04. The summed E-state index contributed by atoms with van der Waals surface area (Å²) in [5.74, 6) is 0.323. The zero-order chi connectivity index (χ0) is 15.6. The first-order valence-electron chi connectivity index (χ1n) is 9.28. The predicted octanol–water partition coefficient (Wildman–Crippen LogP) is 3.14. The Morgan fingerprint density at radius 2 is 2.00 bits per heavy atom. The topological polar surface area (TPSA) is 41.6 Å². The first-order valence-corrected chi connectivity index (χ1v) is 9.28. The molecule has 134 valence electrons. The highest BCUT2D eigenvalue weighted by Gasteiger charge is 2.57. The predicted molar refractivity (Wildman–Crippen MR) is 95.0 cm³/mol. The molecule has 0 bridgehead atoms. The maximum atomic E-state index is 12.7. The first kappa shape index (κ1) is 19.0. The number of carbonyl (C=O) groups is 1. The number of ether oxygens (including phenoxy) is 1. The van der Waals surface area contributed by atoms with Crippen molar-refractivity contribution in [3.63, 3.8) is 0 Å². The van der Waals surface area contributed by atoms with Crippen LogP contribution in [0.2, 0.25) is 0 Å². The van der Waals surface area contributed by atoms with Gasteiger partial charge in [-0.2, -0.15) is 0 Å². The van der Waals surface area contributed by atoms with Crippen molar-refractivity contribution in [3.8, 4) is 0 Å². The van der Waals surface area contributed by atoms with Crippen LogP contribution in [0.4, 0.5) is 0 Å². The zero-order valence-corrected chi connectivity index (χ0v) is 15.5. The molecule has 3 aliphatic rings. The molecule has 3 rings (SSSR count). The number of hydrogen-bond acceptors (Lipinski definition) is 3. The second-order valence-electron chi connectivity index (χ2n) is 7.49. The number of nitrogens with zero attached hydrogens (tertiary/aromatic N) is 1. The molecule has 5 heteroatoms. The molecule has 0 aromatic rings. The van der Waals surface area contributed by atoms with E-state index in [0.717, 1.165) is 26.0 Å². The maximum Gasteiger partial charge on any atom is 0.224 e. The summed E-state index contributed by atoms with van der Waals surface area (Å²) in [5.41, 5.74) is 0.252. The summed E-state index contributed by atoms with van der Waals surface area (Å²) in [4.78, 5) is 14.7. The van der Waals surface area contributed by atoms with Crippen molar-refractivity contribution < 1.29 is 9.53 Å². The summed E-state index contributed by atoms with van der Waals surface area (Å²) in [6.45, 7) is 3.95. The van der Waals surface area contributed by atoms with Gasteiger partial charge >= 0.3 is 0 Å². The van der Waals surface area contributed by atoms with E-state index in [1.165, 1.54) is 38.5 Å². The minimum atomic E-state index is 0. The lowest BCUT2D eigenvalue weighted by atomic mass is 9.54. The van der Waals surface area contributed by atoms with Crippen molar-refractivity contribution in [2.24, 2.45) is 5.41 Å². The number of nitrogens with one attached hydrogen (secondary N) is 1. The third-order valence-electron chi connectivity index (χ3n) is 6.34. The Bertz CT molecular complexity index is 392. The highest BCUT2D eigenvalue weighted by atomic mass is 35.5. The van der Waals surface area contributed by atoms with Gasteiger partial charge in [0.2, 0.25) is 5.91 Å². The summed E-state index contributed by atoms with van der Waals surface area (Å²) in [6.07, 6.45) is 10.9. The summed E-state index contributed by atoms with van der Waals surface area (Å²) in [5, 5.41) is 3.45. The molecule has 0 aromatic carbocycles. The highest BCUT2D eigenvalue weighted by Crippen LogP contribution is 2.55. The Labute approximate surface area is 147 Å². The van der Waals surface area contributed by atoms with Crippen molar-refractivity contribution in [2.45, 2.75) is 82.9 Å². The van der Waals surface area contributed by atoms with Crippen LogP contribution in [-0.2, 0) is 9.53 Å². The molecule has 23 heavy (non-hydrogen) atoms. The molecule has 1 N–H and O–H groups in total. The van der Waals surface area contributed by atoms with Crippen molar-refractivity contribution in [3.05, 3.63) is 0 Å². The van der Waals surface area contributed by atoms with Crippen LogP contribution in [-0.4, -0.2) is 49.2 Å². The van der Waals surface area contributed by atoms with Crippen LogP contribution in [0.3, 0.4) is 0 Å². The van der Waals surface area contributed by atoms with Crippen LogP contribution < -0.4 is 5.32 Å². The van der Waals surface area contributed by atoms with E-state index in [4.69, 9.17) is 4.74 Å². The average molecular weight is 345 g/mol. The Kier molecular flexibility index (Phi) is 6.76. The second-order valence-corrected chi connectivity index (χ2v) is 7.49. The Balaban J connectivity index is 0.00000192. The van der Waals surface area contributed by atoms with E-state index in [9.17, 15) is 4.79 Å². The zero-order valence-electron chi connectivity index (χ0n) is 14.7. The van der Waals surface area contributed by atoms with Gasteiger partial charge in [0, 0.05) is 37.6 Å². The summed E-state index contributed by atoms with van der Waals surface area (Å²) in [6, 6.07) is 0.804. The van der Waals surface area contributed by atoms with E-state index in [0.29, 0.717) is 30.5 Å². The molecule has 1 heterocycles. The van der Waals surface area contributed by atoms with E-state index in [1.807, 2.05) is 7.05 Å². The monoisotopic (exact) mass is 344 g/mol. The molecule has 2 aliphatic carbocycles. The van der Waals surface area contributed by atoms with Gasteiger partial charge in [-0.25, -0.2) is 0 Å². The molecule has 0 aromatic heterocycles. The molecular weight excluding hydrogens is 312 g/mol. The van der Waals surface area contributed by atoms with Gasteiger partial charge in [0.15, 0.2) is 0 Å². The van der Waals surface area contributed by atoms with Gasteiger partial charge in [-0.3, -0.25) is 4.79 Å². The number of halogens is 1. The fourth-order valence-electron chi connectivity index (χ4n) is 5.03. The summed E-state index contributed by atoms with van der Waals surface area (Å²) >= 11 is 0. The molecule has 1 spiro atoms. The maximum absolute atomic E-state index is 12.7. The van der Waals surface area contributed by atoms with E-state index in [-0.39, 0.29) is 17.8 Å². The van der Waals surface area contributed by atoms with Gasteiger partial charge in [-0.1, -0.05) is 19.3 Å². The number of hydrogen-bond donors (Lipinski definition) is 1. The molecule has 3 unspecified atom stereocenters. The lowest BCUT2D eigenvalue weighted by Gasteiger charge is -2.60. The molecule has 3 atom stereocenters. The van der Waals surface area contributed by atoms with Crippen molar-refractivity contribution in [2.75, 3.05) is 20.2 Å². The summed E-state index contributed by atoms with van der Waals surface area (Å²) in [7, 11) is 2.03. The highest BCUT2D eigenvalue weighted by molar-refractivity contribution is 5.85. The number of carbonyl (C=O) groups excluding carboxylic acids is 1. The fraction of sp³-hybridized carbons (Fsp3) is 0.944. The molecule has 3 fully saturated rings. The lowest BCUT2D eigenvalue weighted by molar-refractivity contribution is -0.185. The molecular formula is C18H33ClN2O2. The largest absolute Gasteiger partial charge is 0.378 e. The van der Waals surface area contributed by atoms with E-state index < -0.39 is 0 Å². The van der Waals surface area contributed by atoms with Crippen molar-refractivity contribution >= 4 is 18.3 Å². The van der Waals surface area contributed by atoms with Crippen LogP contribution in [0.5, 0.6) is 0 Å². The van der Waals surface area contributed by atoms with Gasteiger partial charge in [-0.15, -0.1) is 12.4 Å². The summed E-state index contributed by atoms with van der Waals surface area (Å²) < 4.78 is 6.01. The minimum Gasteiger partial charge on any atom is -0.378 e. The second kappa shape index (κ2) is 8.17. The quantitative estimate of drug-likeness (QED) is 0.833. The lowest BCUT2D eigenvalue weighted by Crippen LogP contribution is -2.65. The number of amides is 1. The molecule has 0 radical (unpaired) electrons. The molecule has 1 aliphatic heterocycles. The van der Waals surface area contributed by atoms with Gasteiger partial charge in [0.1, 0.15) is 0 Å². The van der Waals surface area contributed by atoms with Gasteiger partial charge < -0.3 is 15.0 Å². The Morgan fingerprint density at radius 3 is 2.61 bits per heavy atom. The van der Waals surface area contributed by atoms with Crippen LogP contribution in [0.1, 0.15) is 64.7 Å². The standard InChI is InChI=1S/C18H32N2O2.ClH/c1-3-22-16-13-15(18(16)9-5-4-6-10-18)20(2)17(21)12-14-8-7-11-19-14;/h14-16,19H,3-13H2,1-2H3;1H. The third kappa shape index (κ3) is 3.69. The van der Waals surface area contributed by atoms with Crippen LogP contribution in [0.25, 0.3) is 0 Å². The van der Waals surface area contributed by atoms with E-state index in [2.05, 4.69) is 17.1 Å². The van der Waals surface area contributed by atoms with Crippen molar-refractivity contribution in [1.82, 2.24) is 10.2 Å². The first-order chi connectivity index (χ1) is 10.7. The van der Waals surface area contributed by atoms with Gasteiger partial charge in [0.05, 0.1) is 6.10 Å². The van der Waals surface area contributed by atoms with Gasteiger partial charge in [0.25, 0.3) is 0 Å². The van der Waals surface area contributed by atoms with E-state index in [1.54, 1.807) is 0 Å². The van der Waals surface area contributed by atoms with Crippen LogP contribution in [0, 0.1) is 5.41 Å². The smallest absolute Gasteiger partial charge is 0.224 e. The minimum absolute atomic E-state index is 0. The SMILES string of the molecule is CCOC1CC(N(C)C(=O)CC2CCCN2)C12CCCCC2.Cl. The van der Waals surface area contributed by atoms with Gasteiger partial charge in [-0.05, 0) is 45.6 Å². The Hall–Kier alpha value is -0.320. The van der Waals surface area contributed by atoms with E-state index >= 15 is 0 Å². The third-order valence-corrected chi connectivity index (χ3v) is 6.34. The molecule has 4 nitrogen and oxygen atoms in total. The normalized spacial score (nSPS) is 32.2. The van der Waals surface area contributed by atoms with Crippen LogP contribution >= 0.6 is 12.4 Å². The van der Waals surface area contributed by atoms with Crippen LogP contribution in [0.15, 0.2) is 0 Å². The van der Waals surface area contributed by atoms with Crippen molar-refractivity contribution in [1.29, 1.82) is 0 Å². The Morgan fingerprint density at radius 1 is 1.26 bits per heavy atom. The number of rotatable bonds is 5.